The van der Waals surface area contributed by atoms with Gasteiger partial charge in [0.05, 0.1) is 5.56 Å². The zero-order valence-electron chi connectivity index (χ0n) is 10.5. The summed E-state index contributed by atoms with van der Waals surface area (Å²) >= 11 is 6.17. The summed E-state index contributed by atoms with van der Waals surface area (Å²) in [6.07, 6.45) is 5.33. The summed E-state index contributed by atoms with van der Waals surface area (Å²) in [5, 5.41) is 12.9. The predicted octanol–water partition coefficient (Wildman–Crippen LogP) is 2.18. The van der Waals surface area contributed by atoms with Crippen molar-refractivity contribution < 1.29 is 0 Å². The van der Waals surface area contributed by atoms with Crippen molar-refractivity contribution in [1.29, 1.82) is 5.26 Å². The van der Waals surface area contributed by atoms with Crippen LogP contribution in [0.1, 0.15) is 24.8 Å². The van der Waals surface area contributed by atoms with Gasteiger partial charge in [-0.3, -0.25) is 0 Å². The van der Waals surface area contributed by atoms with Gasteiger partial charge in [-0.1, -0.05) is 18.0 Å². The lowest BCUT2D eigenvalue weighted by atomic mass is 10.0. The van der Waals surface area contributed by atoms with E-state index in [4.69, 9.17) is 16.9 Å². The van der Waals surface area contributed by atoms with E-state index >= 15 is 0 Å². The molecule has 0 bridgehead atoms. The fraction of sp³-hybridized carbons (Fsp3) is 0.538. The minimum Gasteiger partial charge on any atom is -0.357 e. The van der Waals surface area contributed by atoms with E-state index in [0.29, 0.717) is 22.4 Å². The number of halogens is 1. The second kappa shape index (κ2) is 6.03. The third-order valence-corrected chi connectivity index (χ3v) is 3.63. The highest BCUT2D eigenvalue weighted by Crippen LogP contribution is 2.26. The van der Waals surface area contributed by atoms with E-state index in [1.807, 2.05) is 11.9 Å². The molecule has 96 valence electrons. The molecule has 2 rings (SSSR count). The molecule has 5 heteroatoms. The van der Waals surface area contributed by atoms with Crippen LogP contribution < -0.4 is 10.2 Å². The highest BCUT2D eigenvalue weighted by atomic mass is 35.5. The molecule has 0 aromatic carbocycles. The normalized spacial score (nSPS) is 19.3. The summed E-state index contributed by atoms with van der Waals surface area (Å²) < 4.78 is 0. The third kappa shape index (κ3) is 2.92. The average Bonchev–Trinajstić information content (AvgIpc) is 2.40. The molecule has 1 unspecified atom stereocenters. The van der Waals surface area contributed by atoms with Gasteiger partial charge in [-0.05, 0) is 25.5 Å². The molecule has 1 atom stereocenters. The van der Waals surface area contributed by atoms with Crippen LogP contribution in [0.25, 0.3) is 0 Å². The lowest BCUT2D eigenvalue weighted by molar-refractivity contribution is 0.403. The molecule has 18 heavy (non-hydrogen) atoms. The number of pyridine rings is 1. The first-order chi connectivity index (χ1) is 8.72. The van der Waals surface area contributed by atoms with E-state index in [2.05, 4.69) is 16.4 Å². The number of rotatable bonds is 3. The molecule has 0 amide bonds. The lowest BCUT2D eigenvalue weighted by Crippen LogP contribution is -2.42. The van der Waals surface area contributed by atoms with E-state index in [1.54, 1.807) is 12.3 Å². The SMILES string of the molecule is CN(CC1CCCCN1)c1nccc(C#N)c1Cl. The van der Waals surface area contributed by atoms with Gasteiger partial charge in [0.1, 0.15) is 16.9 Å². The topological polar surface area (TPSA) is 52.0 Å². The highest BCUT2D eigenvalue weighted by Gasteiger charge is 2.17. The summed E-state index contributed by atoms with van der Waals surface area (Å²) in [4.78, 5) is 6.29. The van der Waals surface area contributed by atoms with Crippen LogP contribution in [0.4, 0.5) is 5.82 Å². The number of likely N-dealkylation sites (N-methyl/N-ethyl adjacent to an activating group) is 1. The number of nitriles is 1. The molecule has 4 nitrogen and oxygen atoms in total. The van der Waals surface area contributed by atoms with Gasteiger partial charge in [0.2, 0.25) is 0 Å². The fourth-order valence-electron chi connectivity index (χ4n) is 2.28. The molecule has 2 heterocycles. The quantitative estimate of drug-likeness (QED) is 0.909. The maximum absolute atomic E-state index is 8.95. The molecule has 1 N–H and O–H groups in total. The van der Waals surface area contributed by atoms with Gasteiger partial charge in [-0.25, -0.2) is 4.98 Å². The third-order valence-electron chi connectivity index (χ3n) is 3.26. The molecular weight excluding hydrogens is 248 g/mol. The first-order valence-electron chi connectivity index (χ1n) is 6.21. The van der Waals surface area contributed by atoms with Crippen molar-refractivity contribution >= 4 is 17.4 Å². The minimum absolute atomic E-state index is 0.443. The molecule has 0 spiro atoms. The van der Waals surface area contributed by atoms with Crippen LogP contribution in [0.15, 0.2) is 12.3 Å². The lowest BCUT2D eigenvalue weighted by Gasteiger charge is -2.29. The first-order valence-corrected chi connectivity index (χ1v) is 6.59. The number of nitrogens with one attached hydrogen (secondary N) is 1. The minimum atomic E-state index is 0.443. The Bertz CT molecular complexity index is 449. The van der Waals surface area contributed by atoms with Crippen LogP contribution in [0, 0.1) is 11.3 Å². The average molecular weight is 265 g/mol. The van der Waals surface area contributed by atoms with E-state index in [1.165, 1.54) is 19.3 Å². The van der Waals surface area contributed by atoms with Crippen molar-refractivity contribution in [3.8, 4) is 6.07 Å². The van der Waals surface area contributed by atoms with Crippen LogP contribution in [0.3, 0.4) is 0 Å². The number of anilines is 1. The Morgan fingerprint density at radius 2 is 2.44 bits per heavy atom. The second-order valence-electron chi connectivity index (χ2n) is 4.64. The van der Waals surface area contributed by atoms with Gasteiger partial charge in [0.15, 0.2) is 0 Å². The predicted molar refractivity (Wildman–Crippen MR) is 72.9 cm³/mol. The molecule has 0 aliphatic carbocycles. The largest absolute Gasteiger partial charge is 0.357 e. The zero-order valence-corrected chi connectivity index (χ0v) is 11.2. The van der Waals surface area contributed by atoms with Gasteiger partial charge < -0.3 is 10.2 Å². The van der Waals surface area contributed by atoms with Crippen molar-refractivity contribution in [3.63, 3.8) is 0 Å². The molecule has 0 saturated carbocycles. The number of hydrogen-bond donors (Lipinski definition) is 1. The van der Waals surface area contributed by atoms with Crippen molar-refractivity contribution in [2.45, 2.75) is 25.3 Å². The molecule has 1 aliphatic rings. The van der Waals surface area contributed by atoms with Crippen molar-refractivity contribution in [1.82, 2.24) is 10.3 Å². The Balaban J connectivity index is 2.08. The van der Waals surface area contributed by atoms with Gasteiger partial charge >= 0.3 is 0 Å². The van der Waals surface area contributed by atoms with Gasteiger partial charge in [0, 0.05) is 25.8 Å². The molecule has 1 aliphatic heterocycles. The van der Waals surface area contributed by atoms with Crippen LogP contribution in [0.5, 0.6) is 0 Å². The van der Waals surface area contributed by atoms with Gasteiger partial charge in [0.25, 0.3) is 0 Å². The number of nitrogens with zero attached hydrogens (tertiary/aromatic N) is 3. The maximum atomic E-state index is 8.95. The first kappa shape index (κ1) is 13.1. The standard InChI is InChI=1S/C13H17ClN4/c1-18(9-11-4-2-3-6-16-11)13-12(14)10(8-15)5-7-17-13/h5,7,11,16H,2-4,6,9H2,1H3. The summed E-state index contributed by atoms with van der Waals surface area (Å²) in [5.41, 5.74) is 0.477. The van der Waals surface area contributed by atoms with E-state index < -0.39 is 0 Å². The van der Waals surface area contributed by atoms with Gasteiger partial charge in [-0.2, -0.15) is 5.26 Å². The second-order valence-corrected chi connectivity index (χ2v) is 5.01. The van der Waals surface area contributed by atoms with E-state index in [0.717, 1.165) is 13.1 Å². The molecule has 1 fully saturated rings. The Hall–Kier alpha value is -1.31. The number of aromatic nitrogens is 1. The zero-order chi connectivity index (χ0) is 13.0. The monoisotopic (exact) mass is 264 g/mol. The molecule has 1 aromatic rings. The van der Waals surface area contributed by atoms with Gasteiger partial charge in [-0.15, -0.1) is 0 Å². The number of piperidine rings is 1. The summed E-state index contributed by atoms with van der Waals surface area (Å²) in [7, 11) is 1.96. The Labute approximate surface area is 113 Å². The Morgan fingerprint density at radius 1 is 1.61 bits per heavy atom. The van der Waals surface area contributed by atoms with Crippen LogP contribution in [0.2, 0.25) is 5.02 Å². The summed E-state index contributed by atoms with van der Waals surface area (Å²) in [6, 6.07) is 4.20. The van der Waals surface area contributed by atoms with Crippen molar-refractivity contribution in [2.24, 2.45) is 0 Å². The Morgan fingerprint density at radius 3 is 3.11 bits per heavy atom. The van der Waals surface area contributed by atoms with Crippen molar-refractivity contribution in [3.05, 3.63) is 22.8 Å². The van der Waals surface area contributed by atoms with Crippen LogP contribution >= 0.6 is 11.6 Å². The summed E-state index contributed by atoms with van der Waals surface area (Å²) in [6.45, 7) is 1.94. The molecular formula is C13H17ClN4. The maximum Gasteiger partial charge on any atom is 0.148 e. The molecule has 1 aromatic heterocycles. The molecule has 0 radical (unpaired) electrons. The smallest absolute Gasteiger partial charge is 0.148 e. The number of hydrogen-bond acceptors (Lipinski definition) is 4. The Kier molecular flexibility index (Phi) is 4.40. The van der Waals surface area contributed by atoms with Crippen molar-refractivity contribution in [2.75, 3.05) is 25.0 Å². The fourth-order valence-corrected chi connectivity index (χ4v) is 2.58. The van der Waals surface area contributed by atoms with E-state index in [9.17, 15) is 0 Å². The van der Waals surface area contributed by atoms with E-state index in [-0.39, 0.29) is 0 Å². The van der Waals surface area contributed by atoms with Crippen LogP contribution in [-0.4, -0.2) is 31.2 Å². The molecule has 1 saturated heterocycles. The van der Waals surface area contributed by atoms with Crippen LogP contribution in [-0.2, 0) is 0 Å². The highest BCUT2D eigenvalue weighted by molar-refractivity contribution is 6.34. The summed E-state index contributed by atoms with van der Waals surface area (Å²) in [5.74, 6) is 0.683.